The van der Waals surface area contributed by atoms with E-state index in [0.717, 1.165) is 36.7 Å². The van der Waals surface area contributed by atoms with Crippen molar-refractivity contribution in [1.82, 2.24) is 9.78 Å². The fourth-order valence-electron chi connectivity index (χ4n) is 1.65. The van der Waals surface area contributed by atoms with Crippen LogP contribution in [0.5, 0.6) is 0 Å². The minimum Gasteiger partial charge on any atom is -0.394 e. The molecule has 0 aliphatic heterocycles. The van der Waals surface area contributed by atoms with Gasteiger partial charge in [-0.05, 0) is 25.2 Å². The second kappa shape index (κ2) is 5.94. The van der Waals surface area contributed by atoms with Crippen LogP contribution in [0.3, 0.4) is 0 Å². The summed E-state index contributed by atoms with van der Waals surface area (Å²) < 4.78 is 1.98. The molecule has 1 aromatic rings. The zero-order valence-electron chi connectivity index (χ0n) is 11.7. The fourth-order valence-corrected chi connectivity index (χ4v) is 1.65. The number of nitrogens with two attached hydrogens (primary N) is 1. The van der Waals surface area contributed by atoms with Gasteiger partial charge >= 0.3 is 0 Å². The van der Waals surface area contributed by atoms with E-state index in [9.17, 15) is 0 Å². The molecule has 0 fully saturated rings. The Balaban J connectivity index is 2.75. The van der Waals surface area contributed by atoms with Gasteiger partial charge in [0.1, 0.15) is 5.82 Å². The average Bonchev–Trinajstić information content (AvgIpc) is 2.52. The summed E-state index contributed by atoms with van der Waals surface area (Å²) in [5.41, 5.74) is 7.75. The van der Waals surface area contributed by atoms with Crippen molar-refractivity contribution in [3.63, 3.8) is 0 Å². The maximum Gasteiger partial charge on any atom is 0.148 e. The van der Waals surface area contributed by atoms with Gasteiger partial charge in [-0.2, -0.15) is 5.10 Å². The number of anilines is 2. The average molecular weight is 238 g/mol. The molecular weight excluding hydrogens is 212 g/mol. The molecule has 1 unspecified atom stereocenters. The molecule has 17 heavy (non-hydrogen) atoms. The molecule has 1 atom stereocenters. The standard InChI is InChI=1S/C13H26N4/c1-6-7-17-13(12(14)11(5)16-17)15-8-10(4)9(2)3/h9-10,15H,6-8,14H2,1-5H3. The highest BCUT2D eigenvalue weighted by Crippen LogP contribution is 2.23. The Kier molecular flexibility index (Phi) is 4.85. The lowest BCUT2D eigenvalue weighted by Gasteiger charge is -2.17. The first-order valence-corrected chi connectivity index (χ1v) is 6.54. The molecule has 4 nitrogen and oxygen atoms in total. The summed E-state index contributed by atoms with van der Waals surface area (Å²) in [5, 5.41) is 7.90. The van der Waals surface area contributed by atoms with Crippen LogP contribution in [-0.2, 0) is 6.54 Å². The van der Waals surface area contributed by atoms with Crippen molar-refractivity contribution in [2.75, 3.05) is 17.6 Å². The fraction of sp³-hybridized carbons (Fsp3) is 0.769. The topological polar surface area (TPSA) is 55.9 Å². The van der Waals surface area contributed by atoms with Crippen molar-refractivity contribution in [2.45, 2.75) is 47.6 Å². The van der Waals surface area contributed by atoms with E-state index in [-0.39, 0.29) is 0 Å². The Morgan fingerprint density at radius 3 is 2.53 bits per heavy atom. The Morgan fingerprint density at radius 2 is 2.00 bits per heavy atom. The van der Waals surface area contributed by atoms with Crippen LogP contribution in [0.15, 0.2) is 0 Å². The molecule has 4 heteroatoms. The van der Waals surface area contributed by atoms with Crippen LogP contribution in [0.4, 0.5) is 11.5 Å². The Hall–Kier alpha value is -1.19. The molecule has 0 saturated carbocycles. The lowest BCUT2D eigenvalue weighted by Crippen LogP contribution is -2.19. The first kappa shape index (κ1) is 13.9. The van der Waals surface area contributed by atoms with E-state index in [1.807, 2.05) is 11.6 Å². The van der Waals surface area contributed by atoms with Gasteiger partial charge in [0.25, 0.3) is 0 Å². The second-order valence-corrected chi connectivity index (χ2v) is 5.17. The highest BCUT2D eigenvalue weighted by molar-refractivity contribution is 5.64. The van der Waals surface area contributed by atoms with Crippen molar-refractivity contribution < 1.29 is 0 Å². The number of nitrogens with zero attached hydrogens (tertiary/aromatic N) is 2. The molecule has 0 bridgehead atoms. The van der Waals surface area contributed by atoms with Gasteiger partial charge in [0, 0.05) is 13.1 Å². The van der Waals surface area contributed by atoms with Crippen LogP contribution in [0.25, 0.3) is 0 Å². The summed E-state index contributed by atoms with van der Waals surface area (Å²) in [5.74, 6) is 2.28. The van der Waals surface area contributed by atoms with E-state index < -0.39 is 0 Å². The van der Waals surface area contributed by atoms with E-state index in [4.69, 9.17) is 5.73 Å². The van der Waals surface area contributed by atoms with Gasteiger partial charge in [0.2, 0.25) is 0 Å². The molecule has 0 aliphatic carbocycles. The minimum absolute atomic E-state index is 0.625. The second-order valence-electron chi connectivity index (χ2n) is 5.17. The molecule has 1 rings (SSSR count). The van der Waals surface area contributed by atoms with Gasteiger partial charge in [-0.15, -0.1) is 0 Å². The molecule has 0 aliphatic rings. The highest BCUT2D eigenvalue weighted by Gasteiger charge is 2.13. The molecule has 0 aromatic carbocycles. The van der Waals surface area contributed by atoms with Gasteiger partial charge < -0.3 is 11.1 Å². The number of nitrogens with one attached hydrogen (secondary N) is 1. The van der Waals surface area contributed by atoms with Crippen LogP contribution >= 0.6 is 0 Å². The number of aromatic nitrogens is 2. The van der Waals surface area contributed by atoms with Gasteiger partial charge in [-0.1, -0.05) is 27.7 Å². The molecule has 98 valence electrons. The predicted molar refractivity (Wildman–Crippen MR) is 74.2 cm³/mol. The van der Waals surface area contributed by atoms with Crippen LogP contribution in [0.1, 0.15) is 39.8 Å². The molecular formula is C13H26N4. The highest BCUT2D eigenvalue weighted by atomic mass is 15.3. The lowest BCUT2D eigenvalue weighted by molar-refractivity contribution is 0.438. The van der Waals surface area contributed by atoms with Crippen LogP contribution in [-0.4, -0.2) is 16.3 Å². The van der Waals surface area contributed by atoms with Gasteiger partial charge in [-0.25, -0.2) is 4.68 Å². The molecule has 0 amide bonds. The van der Waals surface area contributed by atoms with Crippen molar-refractivity contribution in [3.05, 3.63) is 5.69 Å². The maximum atomic E-state index is 6.05. The summed E-state index contributed by atoms with van der Waals surface area (Å²) in [7, 11) is 0. The molecule has 0 radical (unpaired) electrons. The van der Waals surface area contributed by atoms with Crippen molar-refractivity contribution >= 4 is 11.5 Å². The smallest absolute Gasteiger partial charge is 0.148 e. The van der Waals surface area contributed by atoms with Crippen LogP contribution in [0, 0.1) is 18.8 Å². The number of aryl methyl sites for hydroxylation is 2. The number of hydrogen-bond acceptors (Lipinski definition) is 3. The number of rotatable bonds is 6. The zero-order chi connectivity index (χ0) is 13.0. The monoisotopic (exact) mass is 238 g/mol. The number of nitrogen functional groups attached to an aromatic ring is 1. The van der Waals surface area contributed by atoms with E-state index in [1.165, 1.54) is 0 Å². The first-order chi connectivity index (χ1) is 7.97. The molecule has 0 saturated heterocycles. The summed E-state index contributed by atoms with van der Waals surface area (Å²) in [6.45, 7) is 12.7. The summed E-state index contributed by atoms with van der Waals surface area (Å²) in [4.78, 5) is 0. The molecule has 1 aromatic heterocycles. The van der Waals surface area contributed by atoms with Gasteiger partial charge in [0.05, 0.1) is 11.4 Å². The predicted octanol–water partition coefficient (Wildman–Crippen LogP) is 2.89. The van der Waals surface area contributed by atoms with Crippen molar-refractivity contribution in [3.8, 4) is 0 Å². The van der Waals surface area contributed by atoms with Crippen LogP contribution in [0.2, 0.25) is 0 Å². The lowest BCUT2D eigenvalue weighted by atomic mass is 9.98. The third-order valence-electron chi connectivity index (χ3n) is 3.34. The van der Waals surface area contributed by atoms with Gasteiger partial charge in [-0.3, -0.25) is 0 Å². The molecule has 3 N–H and O–H groups in total. The summed E-state index contributed by atoms with van der Waals surface area (Å²) in [6.07, 6.45) is 1.06. The largest absolute Gasteiger partial charge is 0.394 e. The van der Waals surface area contributed by atoms with Crippen LogP contribution < -0.4 is 11.1 Å². The van der Waals surface area contributed by atoms with E-state index in [2.05, 4.69) is 38.1 Å². The number of hydrogen-bond donors (Lipinski definition) is 2. The minimum atomic E-state index is 0.625. The first-order valence-electron chi connectivity index (χ1n) is 6.54. The van der Waals surface area contributed by atoms with E-state index >= 15 is 0 Å². The quantitative estimate of drug-likeness (QED) is 0.801. The normalized spacial score (nSPS) is 13.1. The third kappa shape index (κ3) is 3.38. The van der Waals surface area contributed by atoms with E-state index in [0.29, 0.717) is 11.8 Å². The Bertz CT molecular complexity index is 355. The third-order valence-corrected chi connectivity index (χ3v) is 3.34. The van der Waals surface area contributed by atoms with E-state index in [1.54, 1.807) is 0 Å². The Labute approximate surface area is 105 Å². The molecule has 1 heterocycles. The van der Waals surface area contributed by atoms with Crippen molar-refractivity contribution in [1.29, 1.82) is 0 Å². The van der Waals surface area contributed by atoms with Crippen molar-refractivity contribution in [2.24, 2.45) is 11.8 Å². The van der Waals surface area contributed by atoms with Gasteiger partial charge in [0.15, 0.2) is 0 Å². The molecule has 0 spiro atoms. The SMILES string of the molecule is CCCn1nc(C)c(N)c1NCC(C)C(C)C. The summed E-state index contributed by atoms with van der Waals surface area (Å²) >= 11 is 0. The summed E-state index contributed by atoms with van der Waals surface area (Å²) in [6, 6.07) is 0. The Morgan fingerprint density at radius 1 is 1.35 bits per heavy atom. The maximum absolute atomic E-state index is 6.05. The zero-order valence-corrected chi connectivity index (χ0v) is 11.7.